The Morgan fingerprint density at radius 3 is 2.79 bits per heavy atom. The van der Waals surface area contributed by atoms with Crippen LogP contribution in [-0.2, 0) is 0 Å². The van der Waals surface area contributed by atoms with Gasteiger partial charge in [0, 0.05) is 11.6 Å². The van der Waals surface area contributed by atoms with Crippen LogP contribution in [0.2, 0.25) is 0 Å². The number of fused-ring (bicyclic) bond motifs is 1. The molecule has 10 heteroatoms. The van der Waals surface area contributed by atoms with E-state index in [9.17, 15) is 13.2 Å². The molecule has 29 heavy (non-hydrogen) atoms. The number of aromatic nitrogens is 3. The van der Waals surface area contributed by atoms with Gasteiger partial charge in [0.05, 0.1) is 11.9 Å². The molecule has 0 bridgehead atoms. The van der Waals surface area contributed by atoms with Crippen molar-refractivity contribution in [1.82, 2.24) is 19.9 Å². The van der Waals surface area contributed by atoms with Crippen molar-refractivity contribution in [3.63, 3.8) is 0 Å². The zero-order chi connectivity index (χ0) is 20.1. The Bertz CT molecular complexity index is 1020. The fourth-order valence-electron chi connectivity index (χ4n) is 4.43. The Kier molecular flexibility index (Phi) is 4.43. The average molecular weight is 423 g/mol. The summed E-state index contributed by atoms with van der Waals surface area (Å²) in [6, 6.07) is 6.27. The Balaban J connectivity index is 1.32. The lowest BCUT2D eigenvalue weighted by atomic mass is 9.61. The van der Waals surface area contributed by atoms with Crippen molar-refractivity contribution < 1.29 is 17.9 Å². The zero-order valence-electron chi connectivity index (χ0n) is 15.5. The molecule has 0 atom stereocenters. The quantitative estimate of drug-likeness (QED) is 0.655. The van der Waals surface area contributed by atoms with E-state index in [0.29, 0.717) is 27.7 Å². The predicted molar refractivity (Wildman–Crippen MR) is 104 cm³/mol. The highest BCUT2D eigenvalue weighted by Gasteiger charge is 2.44. The van der Waals surface area contributed by atoms with Crippen molar-refractivity contribution in [1.29, 1.82) is 0 Å². The summed E-state index contributed by atoms with van der Waals surface area (Å²) in [5, 5.41) is 12.3. The molecule has 0 radical (unpaired) electrons. The first-order valence-electron chi connectivity index (χ1n) is 9.57. The maximum Gasteiger partial charge on any atom is 0.573 e. The Morgan fingerprint density at radius 1 is 1.24 bits per heavy atom. The van der Waals surface area contributed by atoms with Crippen molar-refractivity contribution >= 4 is 21.4 Å². The van der Waals surface area contributed by atoms with Crippen LogP contribution in [0.25, 0.3) is 16.2 Å². The SMILES string of the molecule is FC(F)(F)Oc1cccc(-c2cnc3sc(NC4CC5(CCNCC5)C4)nn23)c1. The third kappa shape index (κ3) is 3.78. The van der Waals surface area contributed by atoms with Crippen molar-refractivity contribution in [2.75, 3.05) is 18.4 Å². The second-order valence-corrected chi connectivity index (χ2v) is 8.78. The molecule has 1 spiro atoms. The van der Waals surface area contributed by atoms with Crippen molar-refractivity contribution in [2.24, 2.45) is 5.41 Å². The molecule has 154 valence electrons. The van der Waals surface area contributed by atoms with Crippen LogP contribution in [0.5, 0.6) is 5.75 Å². The molecule has 2 N–H and O–H groups in total. The summed E-state index contributed by atoms with van der Waals surface area (Å²) in [5.74, 6) is -0.264. The number of nitrogens with one attached hydrogen (secondary N) is 2. The fraction of sp³-hybridized carbons (Fsp3) is 0.474. The third-order valence-corrected chi connectivity index (χ3v) is 6.65. The largest absolute Gasteiger partial charge is 0.573 e. The molecule has 2 aliphatic rings. The number of rotatable bonds is 4. The van der Waals surface area contributed by atoms with Gasteiger partial charge in [0.15, 0.2) is 0 Å². The first kappa shape index (κ1) is 18.7. The molecule has 5 rings (SSSR count). The highest BCUT2D eigenvalue weighted by Crippen LogP contribution is 2.49. The molecule has 3 aromatic rings. The lowest BCUT2D eigenvalue weighted by Crippen LogP contribution is -2.50. The smallest absolute Gasteiger partial charge is 0.406 e. The van der Waals surface area contributed by atoms with E-state index in [1.165, 1.54) is 42.4 Å². The lowest BCUT2D eigenvalue weighted by molar-refractivity contribution is -0.274. The number of nitrogens with zero attached hydrogens (tertiary/aromatic N) is 3. The van der Waals surface area contributed by atoms with Gasteiger partial charge in [-0.05, 0) is 56.3 Å². The Labute approximate surface area is 169 Å². The van der Waals surface area contributed by atoms with Crippen molar-refractivity contribution in [3.05, 3.63) is 30.5 Å². The minimum Gasteiger partial charge on any atom is -0.406 e. The van der Waals surface area contributed by atoms with E-state index in [-0.39, 0.29) is 5.75 Å². The third-order valence-electron chi connectivity index (χ3n) is 5.80. The summed E-state index contributed by atoms with van der Waals surface area (Å²) in [6.07, 6.45) is 1.65. The summed E-state index contributed by atoms with van der Waals surface area (Å²) in [5.41, 5.74) is 1.67. The molecule has 1 saturated carbocycles. The topological polar surface area (TPSA) is 63.5 Å². The molecular weight excluding hydrogens is 403 g/mol. The molecule has 6 nitrogen and oxygen atoms in total. The van der Waals surface area contributed by atoms with E-state index in [1.54, 1.807) is 16.8 Å². The maximum atomic E-state index is 12.5. The van der Waals surface area contributed by atoms with Crippen molar-refractivity contribution in [3.8, 4) is 17.0 Å². The van der Waals surface area contributed by atoms with Gasteiger partial charge in [0.2, 0.25) is 10.1 Å². The highest BCUT2D eigenvalue weighted by molar-refractivity contribution is 7.20. The number of hydrogen-bond acceptors (Lipinski definition) is 6. The van der Waals surface area contributed by atoms with E-state index in [1.807, 2.05) is 0 Å². The summed E-state index contributed by atoms with van der Waals surface area (Å²) < 4.78 is 43.2. The molecule has 0 amide bonds. The monoisotopic (exact) mass is 423 g/mol. The van der Waals surface area contributed by atoms with Crippen LogP contribution in [0.4, 0.5) is 18.3 Å². The number of imidazole rings is 1. The number of anilines is 1. The van der Waals surface area contributed by atoms with Crippen molar-refractivity contribution in [2.45, 2.75) is 38.1 Å². The zero-order valence-corrected chi connectivity index (χ0v) is 16.3. The minimum atomic E-state index is -4.72. The molecule has 2 fully saturated rings. The number of benzene rings is 1. The summed E-state index contributed by atoms with van der Waals surface area (Å²) in [4.78, 5) is 5.06. The summed E-state index contributed by atoms with van der Waals surface area (Å²) >= 11 is 1.45. The van der Waals surface area contributed by atoms with Gasteiger partial charge in [-0.2, -0.15) is 0 Å². The van der Waals surface area contributed by atoms with Crippen LogP contribution in [0.15, 0.2) is 30.5 Å². The number of alkyl halides is 3. The molecule has 1 saturated heterocycles. The van der Waals surface area contributed by atoms with E-state index < -0.39 is 6.36 Å². The fourth-order valence-corrected chi connectivity index (χ4v) is 5.28. The number of hydrogen-bond donors (Lipinski definition) is 2. The van der Waals surface area contributed by atoms with Crippen LogP contribution in [0.1, 0.15) is 25.7 Å². The maximum absolute atomic E-state index is 12.5. The molecule has 1 aliphatic carbocycles. The Hall–Kier alpha value is -2.33. The van der Waals surface area contributed by atoms with E-state index >= 15 is 0 Å². The van der Waals surface area contributed by atoms with Gasteiger partial charge in [0.25, 0.3) is 0 Å². The van der Waals surface area contributed by atoms with Gasteiger partial charge in [-0.3, -0.25) is 0 Å². The molecule has 1 aliphatic heterocycles. The van der Waals surface area contributed by atoms with Gasteiger partial charge in [0.1, 0.15) is 5.75 Å². The van der Waals surface area contributed by atoms with Gasteiger partial charge >= 0.3 is 6.36 Å². The summed E-state index contributed by atoms with van der Waals surface area (Å²) in [6.45, 7) is 2.19. The Morgan fingerprint density at radius 2 is 2.03 bits per heavy atom. The van der Waals surface area contributed by atoms with Gasteiger partial charge in [-0.25, -0.2) is 9.50 Å². The first-order valence-corrected chi connectivity index (χ1v) is 10.4. The van der Waals surface area contributed by atoms with E-state index in [4.69, 9.17) is 0 Å². The lowest BCUT2D eigenvalue weighted by Gasteiger charge is -2.50. The second kappa shape index (κ2) is 6.88. The van der Waals surface area contributed by atoms with Crippen LogP contribution in [0.3, 0.4) is 0 Å². The van der Waals surface area contributed by atoms with Crippen LogP contribution in [0, 0.1) is 5.41 Å². The summed E-state index contributed by atoms with van der Waals surface area (Å²) in [7, 11) is 0. The molecule has 1 aromatic carbocycles. The van der Waals surface area contributed by atoms with E-state index in [0.717, 1.165) is 31.1 Å². The van der Waals surface area contributed by atoms with Gasteiger partial charge in [-0.15, -0.1) is 18.3 Å². The average Bonchev–Trinajstić information content (AvgIpc) is 3.20. The number of piperidine rings is 1. The van der Waals surface area contributed by atoms with Crippen LogP contribution >= 0.6 is 11.3 Å². The standard InChI is InChI=1S/C19H20F3N5OS/c20-19(21,22)28-14-3-1-2-12(8-14)15-11-24-17-27(15)26-16(29-17)25-13-9-18(10-13)4-6-23-7-5-18/h1-3,8,11,13,23H,4-7,9-10H2,(H,25,26). The molecular formula is C19H20F3N5OS. The van der Waals surface area contributed by atoms with Crippen LogP contribution in [-0.4, -0.2) is 40.1 Å². The van der Waals surface area contributed by atoms with Gasteiger partial charge in [-0.1, -0.05) is 23.5 Å². The molecule has 0 unspecified atom stereocenters. The molecule has 3 heterocycles. The number of ether oxygens (including phenoxy) is 1. The second-order valence-electron chi connectivity index (χ2n) is 7.82. The number of halogens is 3. The highest BCUT2D eigenvalue weighted by atomic mass is 32.1. The van der Waals surface area contributed by atoms with E-state index in [2.05, 4.69) is 25.5 Å². The van der Waals surface area contributed by atoms with Crippen LogP contribution < -0.4 is 15.4 Å². The first-order chi connectivity index (χ1) is 13.9. The normalized spacial score (nSPS) is 19.4. The predicted octanol–water partition coefficient (Wildman–Crippen LogP) is 4.30. The van der Waals surface area contributed by atoms with Gasteiger partial charge < -0.3 is 15.4 Å². The minimum absolute atomic E-state index is 0.264. The molecule has 2 aromatic heterocycles.